The molecule has 1 rings (SSSR count). The Morgan fingerprint density at radius 2 is 2.10 bits per heavy atom. The zero-order valence-electron chi connectivity index (χ0n) is 11.5. The van der Waals surface area contributed by atoms with E-state index in [4.69, 9.17) is 0 Å². The van der Waals surface area contributed by atoms with Gasteiger partial charge in [-0.05, 0) is 47.5 Å². The largest absolute Gasteiger partial charge is 0.354 e. The summed E-state index contributed by atoms with van der Waals surface area (Å²) in [6.07, 6.45) is 1.08. The number of rotatable bonds is 6. The van der Waals surface area contributed by atoms with Gasteiger partial charge in [-0.3, -0.25) is 9.59 Å². The summed E-state index contributed by atoms with van der Waals surface area (Å²) in [5.41, 5.74) is 0.348. The van der Waals surface area contributed by atoms with Gasteiger partial charge in [-0.15, -0.1) is 0 Å². The first kappa shape index (κ1) is 16.6. The molecule has 0 heterocycles. The summed E-state index contributed by atoms with van der Waals surface area (Å²) in [6.45, 7) is 4.15. The van der Waals surface area contributed by atoms with Crippen molar-refractivity contribution in [2.75, 3.05) is 6.54 Å². The average Bonchev–Trinajstić information content (AvgIpc) is 2.41. The first-order valence-electron chi connectivity index (χ1n) is 6.46. The minimum atomic E-state index is -0.422. The first-order valence-corrected chi connectivity index (χ1v) is 7.26. The number of amides is 2. The number of carbonyl (C=O) groups is 2. The van der Waals surface area contributed by atoms with E-state index in [1.165, 1.54) is 18.2 Å². The topological polar surface area (TPSA) is 58.2 Å². The lowest BCUT2D eigenvalue weighted by Gasteiger charge is -2.11. The van der Waals surface area contributed by atoms with Gasteiger partial charge in [0.2, 0.25) is 5.91 Å². The maximum atomic E-state index is 13.0. The summed E-state index contributed by atoms with van der Waals surface area (Å²) in [5.74, 6) is -0.851. The molecule has 0 aliphatic heterocycles. The summed E-state index contributed by atoms with van der Waals surface area (Å²) in [7, 11) is 0. The lowest BCUT2D eigenvalue weighted by Crippen LogP contribution is -2.35. The van der Waals surface area contributed by atoms with Crippen LogP contribution < -0.4 is 10.6 Å². The van der Waals surface area contributed by atoms with Gasteiger partial charge in [0.1, 0.15) is 5.82 Å². The summed E-state index contributed by atoms with van der Waals surface area (Å²) >= 11 is 3.02. The van der Waals surface area contributed by atoms with Gasteiger partial charge >= 0.3 is 0 Å². The third-order valence-corrected chi connectivity index (χ3v) is 3.45. The normalized spacial score (nSPS) is 11.8. The molecule has 0 aliphatic rings. The van der Waals surface area contributed by atoms with Gasteiger partial charge in [0.15, 0.2) is 0 Å². The molecule has 2 N–H and O–H groups in total. The van der Waals surface area contributed by atoms with Crippen LogP contribution in [-0.4, -0.2) is 24.4 Å². The third kappa shape index (κ3) is 5.28. The number of halogens is 2. The van der Waals surface area contributed by atoms with E-state index in [-0.39, 0.29) is 35.3 Å². The Hall–Kier alpha value is -1.43. The van der Waals surface area contributed by atoms with Gasteiger partial charge in [-0.25, -0.2) is 4.39 Å². The minimum absolute atomic E-state index is 0.0973. The zero-order chi connectivity index (χ0) is 15.1. The average molecular weight is 345 g/mol. The molecule has 110 valence electrons. The molecule has 0 spiro atoms. The lowest BCUT2D eigenvalue weighted by molar-refractivity contribution is -0.121. The molecule has 1 atom stereocenters. The Morgan fingerprint density at radius 1 is 1.40 bits per heavy atom. The van der Waals surface area contributed by atoms with Crippen LogP contribution in [0.1, 0.15) is 37.0 Å². The summed E-state index contributed by atoms with van der Waals surface area (Å²) in [5, 5.41) is 5.44. The third-order valence-electron chi connectivity index (χ3n) is 2.84. The molecular weight excluding hydrogens is 327 g/mol. The van der Waals surface area contributed by atoms with Crippen molar-refractivity contribution in [2.24, 2.45) is 0 Å². The molecule has 20 heavy (non-hydrogen) atoms. The van der Waals surface area contributed by atoms with Crippen LogP contribution in [0, 0.1) is 5.82 Å². The van der Waals surface area contributed by atoms with Crippen LogP contribution in [0.25, 0.3) is 0 Å². The number of hydrogen-bond acceptors (Lipinski definition) is 2. The molecule has 0 aromatic heterocycles. The van der Waals surface area contributed by atoms with Crippen molar-refractivity contribution in [3.63, 3.8) is 0 Å². The second kappa shape index (κ2) is 7.99. The molecule has 4 nitrogen and oxygen atoms in total. The molecule has 6 heteroatoms. The van der Waals surface area contributed by atoms with Crippen molar-refractivity contribution in [1.82, 2.24) is 10.6 Å². The molecule has 0 saturated heterocycles. The molecule has 1 aromatic carbocycles. The van der Waals surface area contributed by atoms with E-state index in [2.05, 4.69) is 26.6 Å². The van der Waals surface area contributed by atoms with E-state index in [1.807, 2.05) is 13.8 Å². The highest BCUT2D eigenvalue weighted by molar-refractivity contribution is 9.10. The highest BCUT2D eigenvalue weighted by Gasteiger charge is 2.09. The molecular formula is C14H18BrFN2O2. The smallest absolute Gasteiger partial charge is 0.251 e. The van der Waals surface area contributed by atoms with E-state index < -0.39 is 5.82 Å². The van der Waals surface area contributed by atoms with Crippen molar-refractivity contribution in [2.45, 2.75) is 32.7 Å². The van der Waals surface area contributed by atoms with Crippen molar-refractivity contribution in [3.8, 4) is 0 Å². The Kier molecular flexibility index (Phi) is 6.64. The monoisotopic (exact) mass is 344 g/mol. The molecule has 0 fully saturated rings. The summed E-state index contributed by atoms with van der Waals surface area (Å²) in [6, 6.07) is 4.15. The van der Waals surface area contributed by atoms with Crippen LogP contribution in [0.2, 0.25) is 0 Å². The quantitative estimate of drug-likeness (QED) is 0.833. The summed E-state index contributed by atoms with van der Waals surface area (Å²) in [4.78, 5) is 23.3. The predicted octanol–water partition coefficient (Wildman–Crippen LogP) is 2.62. The van der Waals surface area contributed by atoms with Crippen LogP contribution in [0.15, 0.2) is 22.7 Å². The molecule has 0 radical (unpaired) electrons. The Morgan fingerprint density at radius 3 is 2.70 bits per heavy atom. The van der Waals surface area contributed by atoms with Crippen LogP contribution in [0.5, 0.6) is 0 Å². The fourth-order valence-corrected chi connectivity index (χ4v) is 1.86. The Labute approximate surface area is 126 Å². The SMILES string of the molecule is CCC(C)NC(=O)CCNC(=O)c1ccc(F)c(Br)c1. The van der Waals surface area contributed by atoms with Gasteiger partial charge in [0.05, 0.1) is 4.47 Å². The van der Waals surface area contributed by atoms with Gasteiger partial charge in [-0.1, -0.05) is 6.92 Å². The molecule has 1 aromatic rings. The maximum absolute atomic E-state index is 13.0. The highest BCUT2D eigenvalue weighted by Crippen LogP contribution is 2.16. The molecule has 2 amide bonds. The Bertz CT molecular complexity index is 494. The highest BCUT2D eigenvalue weighted by atomic mass is 79.9. The first-order chi connectivity index (χ1) is 9.43. The van der Waals surface area contributed by atoms with E-state index in [1.54, 1.807) is 0 Å². The number of carbonyl (C=O) groups excluding carboxylic acids is 2. The lowest BCUT2D eigenvalue weighted by atomic mass is 10.2. The second-order valence-corrected chi connectivity index (χ2v) is 5.37. The molecule has 0 bridgehead atoms. The minimum Gasteiger partial charge on any atom is -0.354 e. The summed E-state index contributed by atoms with van der Waals surface area (Å²) < 4.78 is 13.3. The van der Waals surface area contributed by atoms with E-state index >= 15 is 0 Å². The van der Waals surface area contributed by atoms with E-state index in [9.17, 15) is 14.0 Å². The fraction of sp³-hybridized carbons (Fsp3) is 0.429. The standard InChI is InChI=1S/C14H18BrFN2O2/c1-3-9(2)18-13(19)6-7-17-14(20)10-4-5-12(16)11(15)8-10/h4-5,8-9H,3,6-7H2,1-2H3,(H,17,20)(H,18,19). The van der Waals surface area contributed by atoms with Gasteiger partial charge < -0.3 is 10.6 Å². The van der Waals surface area contributed by atoms with Gasteiger partial charge in [0, 0.05) is 24.6 Å². The maximum Gasteiger partial charge on any atom is 0.251 e. The molecule has 0 aliphatic carbocycles. The van der Waals surface area contributed by atoms with Crippen molar-refractivity contribution >= 4 is 27.7 Å². The van der Waals surface area contributed by atoms with Crippen LogP contribution in [0.3, 0.4) is 0 Å². The van der Waals surface area contributed by atoms with E-state index in [0.717, 1.165) is 6.42 Å². The van der Waals surface area contributed by atoms with Crippen LogP contribution in [0.4, 0.5) is 4.39 Å². The Balaban J connectivity index is 2.40. The predicted molar refractivity (Wildman–Crippen MR) is 78.9 cm³/mol. The van der Waals surface area contributed by atoms with Gasteiger partial charge in [0.25, 0.3) is 5.91 Å². The van der Waals surface area contributed by atoms with Crippen molar-refractivity contribution in [1.29, 1.82) is 0 Å². The zero-order valence-corrected chi connectivity index (χ0v) is 13.1. The van der Waals surface area contributed by atoms with Crippen molar-refractivity contribution < 1.29 is 14.0 Å². The van der Waals surface area contributed by atoms with Crippen LogP contribution >= 0.6 is 15.9 Å². The van der Waals surface area contributed by atoms with E-state index in [0.29, 0.717) is 5.56 Å². The molecule has 1 unspecified atom stereocenters. The number of benzene rings is 1. The second-order valence-electron chi connectivity index (χ2n) is 4.51. The fourth-order valence-electron chi connectivity index (χ4n) is 1.48. The number of hydrogen-bond donors (Lipinski definition) is 2. The molecule has 0 saturated carbocycles. The van der Waals surface area contributed by atoms with Crippen LogP contribution in [-0.2, 0) is 4.79 Å². The van der Waals surface area contributed by atoms with Gasteiger partial charge in [-0.2, -0.15) is 0 Å². The number of nitrogens with one attached hydrogen (secondary N) is 2. The van der Waals surface area contributed by atoms with Crippen molar-refractivity contribution in [3.05, 3.63) is 34.1 Å².